The number of guanidine groups is 1. The maximum absolute atomic E-state index is 5.26. The molecule has 2 heterocycles. The number of aliphatic imine (C=N–C) groups is 1. The molecule has 0 amide bonds. The summed E-state index contributed by atoms with van der Waals surface area (Å²) in [7, 11) is 3.35. The monoisotopic (exact) mass is 416 g/mol. The topological polar surface area (TPSA) is 71.7 Å². The minimum atomic E-state index is 0. The summed E-state index contributed by atoms with van der Waals surface area (Å²) >= 11 is 0. The molecule has 0 fully saturated rings. The van der Waals surface area contributed by atoms with Crippen molar-refractivity contribution >= 4 is 29.9 Å². The van der Waals surface area contributed by atoms with Gasteiger partial charge in [-0.15, -0.1) is 24.0 Å². The van der Waals surface area contributed by atoms with Crippen molar-refractivity contribution < 1.29 is 9.15 Å². The van der Waals surface area contributed by atoms with Gasteiger partial charge < -0.3 is 19.8 Å². The second-order valence-electron chi connectivity index (χ2n) is 4.35. The van der Waals surface area contributed by atoms with Crippen LogP contribution in [0.5, 0.6) is 5.88 Å². The van der Waals surface area contributed by atoms with E-state index < -0.39 is 0 Å². The number of pyridine rings is 1. The Hall–Kier alpha value is -1.77. The van der Waals surface area contributed by atoms with Crippen molar-refractivity contribution in [2.45, 2.75) is 13.0 Å². The molecule has 22 heavy (non-hydrogen) atoms. The van der Waals surface area contributed by atoms with Gasteiger partial charge in [0, 0.05) is 31.8 Å². The van der Waals surface area contributed by atoms with Gasteiger partial charge in [-0.25, -0.2) is 4.98 Å². The second kappa shape index (κ2) is 10.0. The maximum atomic E-state index is 5.26. The van der Waals surface area contributed by atoms with E-state index in [1.54, 1.807) is 20.4 Å². The Kier molecular flexibility index (Phi) is 8.34. The number of hydrogen-bond acceptors (Lipinski definition) is 4. The standard InChI is InChI=1S/C15H20N4O2.HI/c1-16-15(18-11-13-6-4-10-21-13)17-9-8-12-5-3-7-14(19-12)20-2;/h3-7,10H,8-9,11H2,1-2H3,(H2,16,17,18);1H. The van der Waals surface area contributed by atoms with E-state index in [1.807, 2.05) is 30.3 Å². The summed E-state index contributed by atoms with van der Waals surface area (Å²) in [6.07, 6.45) is 2.44. The third-order valence-electron chi connectivity index (χ3n) is 2.90. The molecule has 0 aliphatic rings. The molecule has 2 aromatic heterocycles. The quantitative estimate of drug-likeness (QED) is 0.429. The highest BCUT2D eigenvalue weighted by atomic mass is 127. The van der Waals surface area contributed by atoms with Crippen molar-refractivity contribution in [1.29, 1.82) is 0 Å². The average Bonchev–Trinajstić information content (AvgIpc) is 3.04. The summed E-state index contributed by atoms with van der Waals surface area (Å²) in [6.45, 7) is 1.34. The first kappa shape index (κ1) is 18.3. The van der Waals surface area contributed by atoms with Gasteiger partial charge in [0.05, 0.1) is 19.9 Å². The number of halogens is 1. The first-order valence-corrected chi connectivity index (χ1v) is 6.78. The first-order valence-electron chi connectivity index (χ1n) is 6.78. The van der Waals surface area contributed by atoms with E-state index >= 15 is 0 Å². The molecular weight excluding hydrogens is 395 g/mol. The van der Waals surface area contributed by atoms with E-state index in [1.165, 1.54) is 0 Å². The summed E-state index contributed by atoms with van der Waals surface area (Å²) in [5.74, 6) is 2.23. The van der Waals surface area contributed by atoms with Crippen LogP contribution in [0.15, 0.2) is 46.0 Å². The molecular formula is C15H21IN4O2. The summed E-state index contributed by atoms with van der Waals surface area (Å²) in [5.41, 5.74) is 0.975. The van der Waals surface area contributed by atoms with Crippen LogP contribution in [0.25, 0.3) is 0 Å². The van der Waals surface area contributed by atoms with Gasteiger partial charge in [-0.3, -0.25) is 4.99 Å². The van der Waals surface area contributed by atoms with Gasteiger partial charge >= 0.3 is 0 Å². The van der Waals surface area contributed by atoms with Crippen LogP contribution in [0, 0.1) is 0 Å². The van der Waals surface area contributed by atoms with Crippen molar-refractivity contribution in [3.05, 3.63) is 48.0 Å². The fourth-order valence-electron chi connectivity index (χ4n) is 1.82. The van der Waals surface area contributed by atoms with Gasteiger partial charge in [-0.2, -0.15) is 0 Å². The molecule has 0 aromatic carbocycles. The summed E-state index contributed by atoms with van der Waals surface area (Å²) in [5, 5.41) is 6.41. The first-order chi connectivity index (χ1) is 10.3. The Morgan fingerprint density at radius 1 is 1.27 bits per heavy atom. The number of nitrogens with one attached hydrogen (secondary N) is 2. The number of methoxy groups -OCH3 is 1. The molecule has 2 N–H and O–H groups in total. The maximum Gasteiger partial charge on any atom is 0.213 e. The Morgan fingerprint density at radius 2 is 2.14 bits per heavy atom. The van der Waals surface area contributed by atoms with E-state index in [0.29, 0.717) is 12.4 Å². The summed E-state index contributed by atoms with van der Waals surface area (Å²) in [4.78, 5) is 8.52. The Morgan fingerprint density at radius 3 is 2.82 bits per heavy atom. The third-order valence-corrected chi connectivity index (χ3v) is 2.90. The lowest BCUT2D eigenvalue weighted by atomic mass is 10.3. The van der Waals surface area contributed by atoms with E-state index in [0.717, 1.165) is 30.4 Å². The predicted octanol–water partition coefficient (Wildman–Crippen LogP) is 2.21. The fraction of sp³-hybridized carbons (Fsp3) is 0.333. The highest BCUT2D eigenvalue weighted by Gasteiger charge is 2.01. The van der Waals surface area contributed by atoms with Gasteiger partial charge in [0.15, 0.2) is 5.96 Å². The molecule has 7 heteroatoms. The van der Waals surface area contributed by atoms with Gasteiger partial charge in [0.25, 0.3) is 0 Å². The third kappa shape index (κ3) is 5.92. The van der Waals surface area contributed by atoms with E-state index in [4.69, 9.17) is 9.15 Å². The lowest BCUT2D eigenvalue weighted by Crippen LogP contribution is -2.37. The largest absolute Gasteiger partial charge is 0.481 e. The zero-order valence-electron chi connectivity index (χ0n) is 12.7. The van der Waals surface area contributed by atoms with Crippen LogP contribution in [0.1, 0.15) is 11.5 Å². The Balaban J connectivity index is 0.00000242. The average molecular weight is 416 g/mol. The summed E-state index contributed by atoms with van der Waals surface area (Å²) in [6, 6.07) is 9.53. The number of aromatic nitrogens is 1. The molecule has 0 unspecified atom stereocenters. The molecule has 0 atom stereocenters. The highest BCUT2D eigenvalue weighted by molar-refractivity contribution is 14.0. The van der Waals surface area contributed by atoms with Crippen molar-refractivity contribution in [2.24, 2.45) is 4.99 Å². The number of rotatable bonds is 6. The van der Waals surface area contributed by atoms with Crippen LogP contribution in [-0.2, 0) is 13.0 Å². The van der Waals surface area contributed by atoms with E-state index in [-0.39, 0.29) is 24.0 Å². The van der Waals surface area contributed by atoms with Crippen LogP contribution in [0.3, 0.4) is 0 Å². The molecule has 6 nitrogen and oxygen atoms in total. The molecule has 0 aliphatic heterocycles. The van der Waals surface area contributed by atoms with Crippen molar-refractivity contribution in [3.8, 4) is 5.88 Å². The zero-order valence-corrected chi connectivity index (χ0v) is 15.0. The molecule has 0 aliphatic carbocycles. The zero-order chi connectivity index (χ0) is 14.9. The number of furan rings is 1. The van der Waals surface area contributed by atoms with E-state index in [2.05, 4.69) is 20.6 Å². The molecule has 0 radical (unpaired) electrons. The second-order valence-corrected chi connectivity index (χ2v) is 4.35. The SMILES string of the molecule is CN=C(NCCc1cccc(OC)n1)NCc1ccco1.I. The van der Waals surface area contributed by atoms with Crippen LogP contribution < -0.4 is 15.4 Å². The normalized spacial score (nSPS) is 10.7. The minimum absolute atomic E-state index is 0. The van der Waals surface area contributed by atoms with Crippen LogP contribution in [0.2, 0.25) is 0 Å². The molecule has 2 aromatic rings. The molecule has 0 saturated heterocycles. The number of hydrogen-bond donors (Lipinski definition) is 2. The minimum Gasteiger partial charge on any atom is -0.481 e. The van der Waals surface area contributed by atoms with Crippen LogP contribution in [0.4, 0.5) is 0 Å². The number of ether oxygens (including phenoxy) is 1. The predicted molar refractivity (Wildman–Crippen MR) is 96.8 cm³/mol. The lowest BCUT2D eigenvalue weighted by Gasteiger charge is -2.10. The Labute approximate surface area is 147 Å². The smallest absolute Gasteiger partial charge is 0.213 e. The lowest BCUT2D eigenvalue weighted by molar-refractivity contribution is 0.396. The molecule has 0 saturated carbocycles. The van der Waals surface area contributed by atoms with Crippen molar-refractivity contribution in [1.82, 2.24) is 15.6 Å². The number of nitrogens with zero attached hydrogens (tertiary/aromatic N) is 2. The van der Waals surface area contributed by atoms with Crippen LogP contribution in [-0.4, -0.2) is 31.6 Å². The summed E-state index contributed by atoms with van der Waals surface area (Å²) < 4.78 is 10.4. The van der Waals surface area contributed by atoms with Gasteiger partial charge in [0.1, 0.15) is 5.76 Å². The fourth-order valence-corrected chi connectivity index (χ4v) is 1.82. The molecule has 0 spiro atoms. The molecule has 2 rings (SSSR count). The Bertz CT molecular complexity index is 573. The van der Waals surface area contributed by atoms with Gasteiger partial charge in [-0.1, -0.05) is 6.07 Å². The molecule has 120 valence electrons. The van der Waals surface area contributed by atoms with Gasteiger partial charge in [-0.05, 0) is 18.2 Å². The van der Waals surface area contributed by atoms with Crippen molar-refractivity contribution in [2.75, 3.05) is 20.7 Å². The van der Waals surface area contributed by atoms with Crippen LogP contribution >= 0.6 is 24.0 Å². The van der Waals surface area contributed by atoms with Crippen molar-refractivity contribution in [3.63, 3.8) is 0 Å². The van der Waals surface area contributed by atoms with Gasteiger partial charge in [0.2, 0.25) is 5.88 Å². The van der Waals surface area contributed by atoms with E-state index in [9.17, 15) is 0 Å². The molecule has 0 bridgehead atoms. The highest BCUT2D eigenvalue weighted by Crippen LogP contribution is 2.06.